The molecule has 1 amide bonds. The van der Waals surface area contributed by atoms with Gasteiger partial charge in [0.05, 0.1) is 19.3 Å². The Morgan fingerprint density at radius 1 is 1.28 bits per heavy atom. The second-order valence-corrected chi connectivity index (χ2v) is 6.72. The Morgan fingerprint density at radius 2 is 2.08 bits per heavy atom. The summed E-state index contributed by atoms with van der Waals surface area (Å²) < 4.78 is 5.28. The molecule has 1 aromatic carbocycles. The van der Waals surface area contributed by atoms with Crippen LogP contribution in [0.4, 0.5) is 5.69 Å². The van der Waals surface area contributed by atoms with Gasteiger partial charge in [-0.2, -0.15) is 5.26 Å². The number of ether oxygens (including phenoxy) is 1. The van der Waals surface area contributed by atoms with E-state index < -0.39 is 6.04 Å². The lowest BCUT2D eigenvalue weighted by Gasteiger charge is -2.37. The van der Waals surface area contributed by atoms with Crippen LogP contribution in [0.2, 0.25) is 0 Å². The highest BCUT2D eigenvalue weighted by atomic mass is 16.5. The molecule has 0 N–H and O–H groups in total. The summed E-state index contributed by atoms with van der Waals surface area (Å²) in [5.74, 6) is 0.0657. The molecule has 0 radical (unpaired) electrons. The van der Waals surface area contributed by atoms with Crippen LogP contribution in [0, 0.1) is 18.3 Å². The molecule has 2 heterocycles. The minimum atomic E-state index is -0.431. The minimum absolute atomic E-state index is 0.0657. The summed E-state index contributed by atoms with van der Waals surface area (Å²) in [4.78, 5) is 18.8. The third-order valence-electron chi connectivity index (χ3n) is 4.98. The largest absolute Gasteiger partial charge is 0.376 e. The number of hydrogen-bond donors (Lipinski definition) is 0. The predicted octanol–water partition coefficient (Wildman–Crippen LogP) is 1.26. The summed E-state index contributed by atoms with van der Waals surface area (Å²) in [5, 5.41) is 9.14. The Balaban J connectivity index is 1.45. The van der Waals surface area contributed by atoms with Crippen molar-refractivity contribution in [2.75, 3.05) is 57.4 Å². The topological polar surface area (TPSA) is 59.8 Å². The number of carbonyl (C=O) groups excluding carboxylic acids is 1. The van der Waals surface area contributed by atoms with Crippen molar-refractivity contribution in [3.8, 4) is 6.07 Å². The highest BCUT2D eigenvalue weighted by molar-refractivity contribution is 5.77. The van der Waals surface area contributed by atoms with Crippen LogP contribution in [0.3, 0.4) is 0 Å². The summed E-state index contributed by atoms with van der Waals surface area (Å²) in [6.07, 6.45) is 0.475. The number of carbonyl (C=O) groups is 1. The molecule has 0 saturated carbocycles. The standard InChI is InChI=1S/C19H26N4O2/c1-16-3-2-4-17(13-16)22-9-7-21(8-10-22)6-5-19(24)23-11-12-25-15-18(23)14-20/h2-4,13,18H,5-12,15H2,1H3. The van der Waals surface area contributed by atoms with Gasteiger partial charge in [-0.15, -0.1) is 0 Å². The lowest BCUT2D eigenvalue weighted by molar-refractivity contribution is -0.138. The van der Waals surface area contributed by atoms with Crippen molar-refractivity contribution in [3.63, 3.8) is 0 Å². The van der Waals surface area contributed by atoms with Crippen LogP contribution in [0.15, 0.2) is 24.3 Å². The van der Waals surface area contributed by atoms with Crippen molar-refractivity contribution < 1.29 is 9.53 Å². The Hall–Kier alpha value is -2.10. The maximum atomic E-state index is 12.4. The fourth-order valence-corrected chi connectivity index (χ4v) is 3.46. The second-order valence-electron chi connectivity index (χ2n) is 6.72. The molecule has 2 aliphatic rings. The van der Waals surface area contributed by atoms with E-state index in [1.165, 1.54) is 11.3 Å². The number of morpholine rings is 1. The van der Waals surface area contributed by atoms with Crippen LogP contribution < -0.4 is 4.90 Å². The number of aryl methyl sites for hydroxylation is 1. The van der Waals surface area contributed by atoms with Gasteiger partial charge in [-0.3, -0.25) is 9.69 Å². The van der Waals surface area contributed by atoms with Gasteiger partial charge in [0.1, 0.15) is 6.04 Å². The molecule has 134 valence electrons. The first-order chi connectivity index (χ1) is 12.2. The molecule has 0 spiro atoms. The summed E-state index contributed by atoms with van der Waals surface area (Å²) in [7, 11) is 0. The first-order valence-electron chi connectivity index (χ1n) is 8.98. The Labute approximate surface area is 149 Å². The van der Waals surface area contributed by atoms with Gasteiger partial charge < -0.3 is 14.5 Å². The zero-order chi connectivity index (χ0) is 17.6. The Morgan fingerprint density at radius 3 is 2.80 bits per heavy atom. The normalized spacial score (nSPS) is 21.8. The first kappa shape index (κ1) is 17.7. The van der Waals surface area contributed by atoms with E-state index in [0.29, 0.717) is 26.2 Å². The zero-order valence-corrected chi connectivity index (χ0v) is 14.9. The molecule has 2 fully saturated rings. The second kappa shape index (κ2) is 8.32. The summed E-state index contributed by atoms with van der Waals surface area (Å²) in [6, 6.07) is 10.3. The molecule has 1 atom stereocenters. The number of benzene rings is 1. The summed E-state index contributed by atoms with van der Waals surface area (Å²) in [5.41, 5.74) is 2.56. The number of piperazine rings is 1. The van der Waals surface area contributed by atoms with E-state index in [4.69, 9.17) is 10.00 Å². The molecule has 0 aromatic heterocycles. The molecule has 25 heavy (non-hydrogen) atoms. The fourth-order valence-electron chi connectivity index (χ4n) is 3.46. The zero-order valence-electron chi connectivity index (χ0n) is 14.9. The van der Waals surface area contributed by atoms with E-state index in [0.717, 1.165) is 32.7 Å². The van der Waals surface area contributed by atoms with Crippen molar-refractivity contribution in [1.29, 1.82) is 5.26 Å². The summed E-state index contributed by atoms with van der Waals surface area (Å²) in [6.45, 7) is 8.15. The molecule has 1 aromatic rings. The number of nitriles is 1. The molecule has 2 aliphatic heterocycles. The Bertz CT molecular complexity index is 635. The van der Waals surface area contributed by atoms with Crippen LogP contribution in [-0.2, 0) is 9.53 Å². The SMILES string of the molecule is Cc1cccc(N2CCN(CCC(=O)N3CCOCC3C#N)CC2)c1. The maximum Gasteiger partial charge on any atom is 0.225 e. The van der Waals surface area contributed by atoms with Gasteiger partial charge >= 0.3 is 0 Å². The van der Waals surface area contributed by atoms with Crippen LogP contribution in [0.25, 0.3) is 0 Å². The van der Waals surface area contributed by atoms with E-state index in [9.17, 15) is 4.79 Å². The number of hydrogen-bond acceptors (Lipinski definition) is 5. The quantitative estimate of drug-likeness (QED) is 0.824. The van der Waals surface area contributed by atoms with E-state index in [1.807, 2.05) is 0 Å². The molecule has 0 bridgehead atoms. The van der Waals surface area contributed by atoms with Gasteiger partial charge in [-0.05, 0) is 24.6 Å². The van der Waals surface area contributed by atoms with Crippen LogP contribution in [0.5, 0.6) is 0 Å². The van der Waals surface area contributed by atoms with Gasteiger partial charge in [-0.1, -0.05) is 12.1 Å². The molecule has 6 heteroatoms. The van der Waals surface area contributed by atoms with Gasteiger partial charge in [-0.25, -0.2) is 0 Å². The molecular formula is C19H26N4O2. The fraction of sp³-hybridized carbons (Fsp3) is 0.579. The predicted molar refractivity (Wildman–Crippen MR) is 96.4 cm³/mol. The van der Waals surface area contributed by atoms with E-state index in [2.05, 4.69) is 47.1 Å². The van der Waals surface area contributed by atoms with Gasteiger partial charge in [0.2, 0.25) is 5.91 Å². The first-order valence-corrected chi connectivity index (χ1v) is 8.98. The van der Waals surface area contributed by atoms with Crippen LogP contribution in [0.1, 0.15) is 12.0 Å². The van der Waals surface area contributed by atoms with Gasteiger partial charge in [0.15, 0.2) is 0 Å². The highest BCUT2D eigenvalue weighted by Crippen LogP contribution is 2.18. The van der Waals surface area contributed by atoms with Crippen molar-refractivity contribution in [1.82, 2.24) is 9.80 Å². The molecule has 0 aliphatic carbocycles. The van der Waals surface area contributed by atoms with Gasteiger partial charge in [0, 0.05) is 51.4 Å². The molecule has 6 nitrogen and oxygen atoms in total. The third-order valence-corrected chi connectivity index (χ3v) is 4.98. The van der Waals surface area contributed by atoms with Crippen molar-refractivity contribution in [2.24, 2.45) is 0 Å². The van der Waals surface area contributed by atoms with Crippen LogP contribution >= 0.6 is 0 Å². The number of anilines is 1. The van der Waals surface area contributed by atoms with Crippen molar-refractivity contribution in [3.05, 3.63) is 29.8 Å². The van der Waals surface area contributed by atoms with E-state index in [1.54, 1.807) is 4.90 Å². The molecule has 3 rings (SSSR count). The number of amides is 1. The minimum Gasteiger partial charge on any atom is -0.376 e. The average Bonchev–Trinajstić information content (AvgIpc) is 2.66. The molecule has 2 saturated heterocycles. The average molecular weight is 342 g/mol. The summed E-state index contributed by atoms with van der Waals surface area (Å²) >= 11 is 0. The van der Waals surface area contributed by atoms with Gasteiger partial charge in [0.25, 0.3) is 0 Å². The highest BCUT2D eigenvalue weighted by Gasteiger charge is 2.27. The lowest BCUT2D eigenvalue weighted by Crippen LogP contribution is -2.50. The van der Waals surface area contributed by atoms with Crippen LogP contribution in [-0.4, -0.2) is 74.2 Å². The number of nitrogens with zero attached hydrogens (tertiary/aromatic N) is 4. The smallest absolute Gasteiger partial charge is 0.225 e. The van der Waals surface area contributed by atoms with Crippen molar-refractivity contribution in [2.45, 2.75) is 19.4 Å². The molecule has 1 unspecified atom stereocenters. The third kappa shape index (κ3) is 4.50. The number of rotatable bonds is 4. The lowest BCUT2D eigenvalue weighted by atomic mass is 10.2. The van der Waals surface area contributed by atoms with E-state index >= 15 is 0 Å². The monoisotopic (exact) mass is 342 g/mol. The van der Waals surface area contributed by atoms with E-state index in [-0.39, 0.29) is 5.91 Å². The van der Waals surface area contributed by atoms with Crippen molar-refractivity contribution >= 4 is 11.6 Å². The Kier molecular flexibility index (Phi) is 5.90. The maximum absolute atomic E-state index is 12.4. The molecular weight excluding hydrogens is 316 g/mol.